The molecule has 2 rings (SSSR count). The summed E-state index contributed by atoms with van der Waals surface area (Å²) in [4.78, 5) is 6.63. The molecular weight excluding hydrogens is 535 g/mol. The van der Waals surface area contributed by atoms with E-state index in [-0.39, 0.29) is 35.8 Å². The van der Waals surface area contributed by atoms with Crippen LogP contribution in [0.5, 0.6) is 0 Å². The summed E-state index contributed by atoms with van der Waals surface area (Å²) in [6, 6.07) is 8.37. The molecule has 0 spiro atoms. The van der Waals surface area contributed by atoms with Crippen LogP contribution in [0.1, 0.15) is 45.2 Å². The number of piperidine rings is 1. The van der Waals surface area contributed by atoms with Gasteiger partial charge in [0.2, 0.25) is 0 Å². The summed E-state index contributed by atoms with van der Waals surface area (Å²) in [6.07, 6.45) is 2.26. The van der Waals surface area contributed by atoms with Gasteiger partial charge in [-0.2, -0.15) is 0 Å². The summed E-state index contributed by atoms with van der Waals surface area (Å²) < 4.78 is 23.8. The Morgan fingerprint density at radius 2 is 2.00 bits per heavy atom. The molecule has 0 aromatic heterocycles. The first-order chi connectivity index (χ1) is 13.5. The van der Waals surface area contributed by atoms with Gasteiger partial charge in [0.15, 0.2) is 15.8 Å². The third kappa shape index (κ3) is 7.53. The van der Waals surface area contributed by atoms with Gasteiger partial charge in [0.1, 0.15) is 0 Å². The number of benzene rings is 1. The minimum atomic E-state index is -3.16. The van der Waals surface area contributed by atoms with E-state index in [1.807, 2.05) is 18.2 Å². The van der Waals surface area contributed by atoms with Gasteiger partial charge in [0.05, 0.1) is 10.5 Å². The van der Waals surface area contributed by atoms with Crippen LogP contribution in [0.3, 0.4) is 0 Å². The quantitative estimate of drug-likeness (QED) is 0.310. The third-order valence-electron chi connectivity index (χ3n) is 5.55. The summed E-state index contributed by atoms with van der Waals surface area (Å²) in [6.45, 7) is 7.33. The second-order valence-electron chi connectivity index (χ2n) is 8.69. The van der Waals surface area contributed by atoms with Gasteiger partial charge in [-0.25, -0.2) is 8.42 Å². The van der Waals surface area contributed by atoms with E-state index in [1.165, 1.54) is 5.56 Å². The number of hydrogen-bond acceptors (Lipinski definition) is 4. The Morgan fingerprint density at radius 3 is 2.60 bits per heavy atom. The zero-order chi connectivity index (χ0) is 21.7. The Labute approximate surface area is 204 Å². The number of hydrogen-bond donors (Lipinski definition) is 2. The molecule has 1 aliphatic rings. The van der Waals surface area contributed by atoms with E-state index < -0.39 is 14.6 Å². The van der Waals surface area contributed by atoms with Gasteiger partial charge in [0.25, 0.3) is 0 Å². The van der Waals surface area contributed by atoms with Crippen molar-refractivity contribution in [3.63, 3.8) is 0 Å². The van der Waals surface area contributed by atoms with E-state index >= 15 is 0 Å². The molecular formula is C21H36ClIN4O2S. The second-order valence-corrected chi connectivity index (χ2v) is 12.0. The van der Waals surface area contributed by atoms with Gasteiger partial charge in [-0.1, -0.05) is 23.7 Å². The monoisotopic (exact) mass is 570 g/mol. The summed E-state index contributed by atoms with van der Waals surface area (Å²) in [5.41, 5.74) is 1.23. The van der Waals surface area contributed by atoms with Gasteiger partial charge >= 0.3 is 0 Å². The van der Waals surface area contributed by atoms with Gasteiger partial charge in [0, 0.05) is 31.2 Å². The van der Waals surface area contributed by atoms with Crippen LogP contribution in [0.4, 0.5) is 0 Å². The Bertz CT molecular complexity index is 811. The number of rotatable bonds is 6. The highest BCUT2D eigenvalue weighted by Gasteiger charge is 2.31. The normalized spacial score (nSPS) is 21.1. The molecule has 0 saturated carbocycles. The first-order valence-corrected chi connectivity index (χ1v) is 12.2. The average molecular weight is 571 g/mol. The van der Waals surface area contributed by atoms with E-state index in [0.29, 0.717) is 18.4 Å². The van der Waals surface area contributed by atoms with Crippen molar-refractivity contribution in [1.29, 1.82) is 0 Å². The molecule has 6 nitrogen and oxygen atoms in total. The molecule has 1 saturated heterocycles. The number of nitrogens with one attached hydrogen (secondary N) is 2. The Kier molecular flexibility index (Phi) is 10.9. The van der Waals surface area contributed by atoms with Crippen LogP contribution in [0.2, 0.25) is 5.02 Å². The first kappa shape index (κ1) is 27.5. The second kappa shape index (κ2) is 11.9. The van der Waals surface area contributed by atoms with Crippen LogP contribution in [-0.2, 0) is 9.84 Å². The largest absolute Gasteiger partial charge is 0.356 e. The fourth-order valence-corrected chi connectivity index (χ4v) is 4.93. The lowest BCUT2D eigenvalue weighted by atomic mass is 9.85. The van der Waals surface area contributed by atoms with Crippen molar-refractivity contribution in [2.24, 2.45) is 10.9 Å². The van der Waals surface area contributed by atoms with Crippen molar-refractivity contribution in [1.82, 2.24) is 15.5 Å². The molecule has 1 heterocycles. The highest BCUT2D eigenvalue weighted by atomic mass is 127. The van der Waals surface area contributed by atoms with Crippen molar-refractivity contribution in [2.45, 2.75) is 44.4 Å². The van der Waals surface area contributed by atoms with Crippen LogP contribution in [-0.4, -0.2) is 63.5 Å². The Hall–Kier alpha value is -0.580. The number of halogens is 2. The van der Waals surface area contributed by atoms with Crippen molar-refractivity contribution in [3.8, 4) is 0 Å². The Balaban J connectivity index is 0.00000450. The highest BCUT2D eigenvalue weighted by Crippen LogP contribution is 2.35. The van der Waals surface area contributed by atoms with Gasteiger partial charge in [-0.15, -0.1) is 24.0 Å². The smallest absolute Gasteiger partial charge is 0.191 e. The lowest BCUT2D eigenvalue weighted by molar-refractivity contribution is 0.122. The maximum absolute atomic E-state index is 12.3. The molecule has 0 radical (unpaired) electrons. The summed E-state index contributed by atoms with van der Waals surface area (Å²) in [7, 11) is 0.701. The average Bonchev–Trinajstić information content (AvgIpc) is 2.63. The van der Waals surface area contributed by atoms with Crippen molar-refractivity contribution in [3.05, 3.63) is 34.9 Å². The molecule has 2 unspecified atom stereocenters. The fraction of sp³-hybridized carbons (Fsp3) is 0.667. The van der Waals surface area contributed by atoms with E-state index in [1.54, 1.807) is 27.8 Å². The number of nitrogens with zero attached hydrogens (tertiary/aromatic N) is 2. The first-order valence-electron chi connectivity index (χ1n) is 10.2. The molecule has 30 heavy (non-hydrogen) atoms. The molecule has 2 atom stereocenters. The minimum Gasteiger partial charge on any atom is -0.356 e. The number of sulfone groups is 1. The van der Waals surface area contributed by atoms with E-state index in [2.05, 4.69) is 33.6 Å². The Morgan fingerprint density at radius 1 is 1.30 bits per heavy atom. The van der Waals surface area contributed by atoms with Gasteiger partial charge in [-0.3, -0.25) is 9.89 Å². The van der Waals surface area contributed by atoms with Crippen LogP contribution in [0.25, 0.3) is 0 Å². The predicted octanol–water partition coefficient (Wildman–Crippen LogP) is 3.72. The zero-order valence-corrected chi connectivity index (χ0v) is 22.5. The molecule has 9 heteroatoms. The van der Waals surface area contributed by atoms with Crippen LogP contribution < -0.4 is 10.6 Å². The summed E-state index contributed by atoms with van der Waals surface area (Å²) in [5.74, 6) is 1.12. The van der Waals surface area contributed by atoms with Gasteiger partial charge in [-0.05, 0) is 70.8 Å². The molecule has 0 amide bonds. The molecule has 172 valence electrons. The minimum absolute atomic E-state index is 0. The number of likely N-dealkylation sites (tertiary alicyclic amines) is 1. The fourth-order valence-electron chi connectivity index (χ4n) is 3.75. The van der Waals surface area contributed by atoms with Gasteiger partial charge < -0.3 is 10.6 Å². The summed E-state index contributed by atoms with van der Waals surface area (Å²) in [5, 5.41) is 7.28. The van der Waals surface area contributed by atoms with Crippen molar-refractivity contribution < 1.29 is 8.42 Å². The molecule has 1 fully saturated rings. The molecule has 1 aromatic carbocycles. The molecule has 1 aliphatic heterocycles. The topological polar surface area (TPSA) is 73.8 Å². The molecule has 0 bridgehead atoms. The standard InChI is InChI=1S/C21H35ClN4O2S.HI/c1-21(2,3)29(27,28)13-11-24-20(23-4)25-15-17-9-7-12-26(5)19(17)16-8-6-10-18(22)14-16;/h6,8,10,14,17,19H,7,9,11-13,15H2,1-5H3,(H2,23,24,25);1H. The van der Waals surface area contributed by atoms with Crippen LogP contribution in [0.15, 0.2) is 29.3 Å². The van der Waals surface area contributed by atoms with Crippen molar-refractivity contribution >= 4 is 51.4 Å². The SMILES string of the molecule is CN=C(NCCS(=O)(=O)C(C)(C)C)NCC1CCCN(C)C1c1cccc(Cl)c1.I. The van der Waals surface area contributed by atoms with Crippen LogP contribution >= 0.6 is 35.6 Å². The molecule has 0 aliphatic carbocycles. The van der Waals surface area contributed by atoms with E-state index in [4.69, 9.17) is 11.6 Å². The van der Waals surface area contributed by atoms with E-state index in [0.717, 1.165) is 31.0 Å². The third-order valence-corrected chi connectivity index (χ3v) is 8.39. The molecule has 2 N–H and O–H groups in total. The van der Waals surface area contributed by atoms with E-state index in [9.17, 15) is 8.42 Å². The zero-order valence-electron chi connectivity index (χ0n) is 18.6. The summed E-state index contributed by atoms with van der Waals surface area (Å²) >= 11 is 6.22. The lowest BCUT2D eigenvalue weighted by Gasteiger charge is -2.40. The van der Waals surface area contributed by atoms with Crippen LogP contribution in [0, 0.1) is 5.92 Å². The number of aliphatic imine (C=N–C) groups is 1. The highest BCUT2D eigenvalue weighted by molar-refractivity contribution is 14.0. The maximum Gasteiger partial charge on any atom is 0.191 e. The maximum atomic E-state index is 12.3. The molecule has 1 aromatic rings. The number of guanidine groups is 1. The predicted molar refractivity (Wildman–Crippen MR) is 138 cm³/mol. The van der Waals surface area contributed by atoms with Crippen molar-refractivity contribution in [2.75, 3.05) is 39.5 Å². The lowest BCUT2D eigenvalue weighted by Crippen LogP contribution is -2.46.